The summed E-state index contributed by atoms with van der Waals surface area (Å²) < 4.78 is 4.77. The fourth-order valence-corrected chi connectivity index (χ4v) is 4.74. The molecule has 4 aromatic carbocycles. The molecular formula is C31H26N2O5. The largest absolute Gasteiger partial charge is 0.507 e. The van der Waals surface area contributed by atoms with E-state index in [4.69, 9.17) is 4.74 Å². The molecule has 1 N–H and O–H groups in total. The van der Waals surface area contributed by atoms with Crippen LogP contribution in [-0.4, -0.2) is 44.0 Å². The van der Waals surface area contributed by atoms with E-state index in [9.17, 15) is 19.5 Å². The van der Waals surface area contributed by atoms with Crippen LogP contribution >= 0.6 is 0 Å². The maximum atomic E-state index is 13.5. The number of carbonyl (C=O) groups is 3. The van der Waals surface area contributed by atoms with Crippen molar-refractivity contribution >= 4 is 45.6 Å². The van der Waals surface area contributed by atoms with Crippen LogP contribution in [0.15, 0.2) is 96.6 Å². The maximum absolute atomic E-state index is 13.5. The number of benzene rings is 4. The molecule has 1 aliphatic heterocycles. The van der Waals surface area contributed by atoms with Gasteiger partial charge in [0, 0.05) is 31.0 Å². The lowest BCUT2D eigenvalue weighted by atomic mass is 9.94. The van der Waals surface area contributed by atoms with Gasteiger partial charge in [0.15, 0.2) is 0 Å². The van der Waals surface area contributed by atoms with E-state index in [-0.39, 0.29) is 11.3 Å². The number of carbonyl (C=O) groups excluding carboxylic acids is 3. The SMILES string of the molecule is COC(=O)c1ccc(N2C(=O)C(=O)/C(=C(\O)c3ccc4ccccc4c3)C2c2ccc(N(C)C)cc2)cc1. The van der Waals surface area contributed by atoms with Gasteiger partial charge in [-0.1, -0.05) is 48.5 Å². The highest BCUT2D eigenvalue weighted by atomic mass is 16.5. The highest BCUT2D eigenvalue weighted by Crippen LogP contribution is 2.42. The maximum Gasteiger partial charge on any atom is 0.337 e. The standard InChI is InChI=1S/C31H26N2O5/c1-32(2)24-14-10-20(11-15-24)27-26(28(34)23-9-8-19-6-4-5-7-22(19)18-23)29(35)30(36)33(27)25-16-12-21(13-17-25)31(37)38-3/h4-18,27,34H,1-3H3/b28-26-. The first kappa shape index (κ1) is 24.8. The van der Waals surface area contributed by atoms with Gasteiger partial charge in [-0.25, -0.2) is 4.79 Å². The van der Waals surface area contributed by atoms with Gasteiger partial charge >= 0.3 is 5.97 Å². The van der Waals surface area contributed by atoms with Crippen molar-refractivity contribution < 1.29 is 24.2 Å². The van der Waals surface area contributed by atoms with Crippen LogP contribution < -0.4 is 9.80 Å². The summed E-state index contributed by atoms with van der Waals surface area (Å²) >= 11 is 0. The predicted molar refractivity (Wildman–Crippen MR) is 147 cm³/mol. The molecule has 1 saturated heterocycles. The number of ether oxygens (including phenoxy) is 1. The normalized spacial score (nSPS) is 16.6. The molecule has 5 rings (SSSR count). The Kier molecular flexibility index (Phi) is 6.43. The summed E-state index contributed by atoms with van der Waals surface area (Å²) in [5.74, 6) is -2.30. The Morgan fingerprint density at radius 1 is 0.842 bits per heavy atom. The third kappa shape index (κ3) is 4.28. The summed E-state index contributed by atoms with van der Waals surface area (Å²) in [7, 11) is 5.13. The summed E-state index contributed by atoms with van der Waals surface area (Å²) in [5.41, 5.74) is 2.78. The third-order valence-electron chi connectivity index (χ3n) is 6.76. The van der Waals surface area contributed by atoms with E-state index < -0.39 is 23.7 Å². The van der Waals surface area contributed by atoms with Gasteiger partial charge in [0.2, 0.25) is 0 Å². The average molecular weight is 507 g/mol. The Morgan fingerprint density at radius 2 is 1.47 bits per heavy atom. The molecule has 190 valence electrons. The molecule has 1 amide bonds. The van der Waals surface area contributed by atoms with E-state index in [1.807, 2.05) is 73.6 Å². The number of nitrogens with zero attached hydrogens (tertiary/aromatic N) is 2. The first-order valence-electron chi connectivity index (χ1n) is 12.1. The predicted octanol–water partition coefficient (Wildman–Crippen LogP) is 5.32. The lowest BCUT2D eigenvalue weighted by Gasteiger charge is -2.26. The Balaban J connectivity index is 1.68. The molecule has 1 heterocycles. The van der Waals surface area contributed by atoms with Crippen LogP contribution in [0.2, 0.25) is 0 Å². The van der Waals surface area contributed by atoms with Gasteiger partial charge in [-0.15, -0.1) is 0 Å². The fraction of sp³-hybridized carbons (Fsp3) is 0.129. The number of amides is 1. The smallest absolute Gasteiger partial charge is 0.337 e. The molecule has 0 spiro atoms. The molecule has 38 heavy (non-hydrogen) atoms. The zero-order valence-electron chi connectivity index (χ0n) is 21.2. The van der Waals surface area contributed by atoms with Crippen molar-refractivity contribution in [1.82, 2.24) is 0 Å². The van der Waals surface area contributed by atoms with Crippen molar-refractivity contribution in [1.29, 1.82) is 0 Å². The van der Waals surface area contributed by atoms with Crippen LogP contribution in [0.5, 0.6) is 0 Å². The first-order chi connectivity index (χ1) is 18.3. The van der Waals surface area contributed by atoms with Gasteiger partial charge in [-0.3, -0.25) is 14.5 Å². The molecule has 4 aromatic rings. The van der Waals surface area contributed by atoms with Gasteiger partial charge in [0.05, 0.1) is 24.3 Å². The van der Waals surface area contributed by atoms with Gasteiger partial charge in [-0.05, 0) is 58.8 Å². The van der Waals surface area contributed by atoms with Crippen molar-refractivity contribution in [3.8, 4) is 0 Å². The quantitative estimate of drug-likeness (QED) is 0.171. The minimum Gasteiger partial charge on any atom is -0.507 e. The highest BCUT2D eigenvalue weighted by Gasteiger charge is 2.47. The lowest BCUT2D eigenvalue weighted by molar-refractivity contribution is -0.132. The van der Waals surface area contributed by atoms with Crippen molar-refractivity contribution in [2.24, 2.45) is 0 Å². The minimum absolute atomic E-state index is 0.0000661. The number of hydrogen-bond acceptors (Lipinski definition) is 6. The second kappa shape index (κ2) is 9.86. The molecule has 1 unspecified atom stereocenters. The second-order valence-electron chi connectivity index (χ2n) is 9.26. The summed E-state index contributed by atoms with van der Waals surface area (Å²) in [4.78, 5) is 42.1. The number of fused-ring (bicyclic) bond motifs is 1. The number of rotatable bonds is 5. The van der Waals surface area contributed by atoms with Crippen molar-refractivity contribution in [2.45, 2.75) is 6.04 Å². The molecule has 7 nitrogen and oxygen atoms in total. The van der Waals surface area contributed by atoms with Gasteiger partial charge in [0.1, 0.15) is 5.76 Å². The van der Waals surface area contributed by atoms with Gasteiger partial charge in [-0.2, -0.15) is 0 Å². The zero-order valence-corrected chi connectivity index (χ0v) is 21.2. The Labute approximate surface area is 220 Å². The topological polar surface area (TPSA) is 87.1 Å². The number of aliphatic hydroxyl groups is 1. The van der Waals surface area contributed by atoms with Crippen LogP contribution in [0.25, 0.3) is 16.5 Å². The van der Waals surface area contributed by atoms with Crippen LogP contribution in [0.4, 0.5) is 11.4 Å². The second-order valence-corrected chi connectivity index (χ2v) is 9.26. The van der Waals surface area contributed by atoms with Crippen molar-refractivity contribution in [3.63, 3.8) is 0 Å². The molecule has 0 aliphatic carbocycles. The average Bonchev–Trinajstić information content (AvgIpc) is 3.21. The van der Waals surface area contributed by atoms with Crippen molar-refractivity contribution in [2.75, 3.05) is 31.0 Å². The molecule has 7 heteroatoms. The molecule has 1 atom stereocenters. The number of methoxy groups -OCH3 is 1. The molecule has 0 saturated carbocycles. The van der Waals surface area contributed by atoms with Gasteiger partial charge in [0.25, 0.3) is 11.7 Å². The van der Waals surface area contributed by atoms with E-state index in [2.05, 4.69) is 0 Å². The Morgan fingerprint density at radius 3 is 2.11 bits per heavy atom. The van der Waals surface area contributed by atoms with Crippen LogP contribution in [-0.2, 0) is 14.3 Å². The van der Waals surface area contributed by atoms with E-state index in [1.54, 1.807) is 24.3 Å². The number of ketones is 1. The highest BCUT2D eigenvalue weighted by molar-refractivity contribution is 6.51. The summed E-state index contributed by atoms with van der Waals surface area (Å²) in [5, 5.41) is 13.4. The first-order valence-corrected chi connectivity index (χ1v) is 12.1. The summed E-state index contributed by atoms with van der Waals surface area (Å²) in [6, 6.07) is 26.0. The van der Waals surface area contributed by atoms with E-state index in [1.165, 1.54) is 24.1 Å². The van der Waals surface area contributed by atoms with E-state index in [0.717, 1.165) is 16.5 Å². The number of anilines is 2. The zero-order chi connectivity index (χ0) is 27.0. The third-order valence-corrected chi connectivity index (χ3v) is 6.76. The summed E-state index contributed by atoms with van der Waals surface area (Å²) in [6.45, 7) is 0. The van der Waals surface area contributed by atoms with Crippen LogP contribution in [0.1, 0.15) is 27.5 Å². The molecule has 1 aliphatic rings. The molecule has 0 radical (unpaired) electrons. The molecule has 0 bridgehead atoms. The Hall–Kier alpha value is -4.91. The number of Topliss-reactive ketones (excluding diaryl/α,β-unsaturated/α-hetero) is 1. The lowest BCUT2D eigenvalue weighted by Crippen LogP contribution is -2.29. The monoisotopic (exact) mass is 506 g/mol. The Bertz CT molecular complexity index is 1590. The number of aliphatic hydroxyl groups excluding tert-OH is 1. The van der Waals surface area contributed by atoms with Crippen molar-refractivity contribution in [3.05, 3.63) is 113 Å². The molecular weight excluding hydrogens is 480 g/mol. The number of esters is 1. The summed E-state index contributed by atoms with van der Waals surface area (Å²) in [6.07, 6.45) is 0. The van der Waals surface area contributed by atoms with E-state index in [0.29, 0.717) is 22.4 Å². The van der Waals surface area contributed by atoms with E-state index >= 15 is 0 Å². The minimum atomic E-state index is -0.873. The van der Waals surface area contributed by atoms with Gasteiger partial charge < -0.3 is 14.7 Å². The van der Waals surface area contributed by atoms with Crippen LogP contribution in [0, 0.1) is 0 Å². The molecule has 1 fully saturated rings. The number of hydrogen-bond donors (Lipinski definition) is 1. The molecule has 0 aromatic heterocycles. The van der Waals surface area contributed by atoms with Crippen LogP contribution in [0.3, 0.4) is 0 Å². The fourth-order valence-electron chi connectivity index (χ4n) is 4.74.